The summed E-state index contributed by atoms with van der Waals surface area (Å²) in [6.07, 6.45) is 1.27. The number of pyridine rings is 1. The summed E-state index contributed by atoms with van der Waals surface area (Å²) in [6, 6.07) is 1.13. The zero-order valence-electron chi connectivity index (χ0n) is 16.5. The number of nitrogens with zero attached hydrogens (tertiary/aromatic N) is 4. The summed E-state index contributed by atoms with van der Waals surface area (Å²) < 4.78 is 22.3. The van der Waals surface area contributed by atoms with Crippen molar-refractivity contribution in [3.8, 4) is 5.75 Å². The Morgan fingerprint density at radius 3 is 2.43 bits per heavy atom. The molecule has 2 aromatic rings. The topological polar surface area (TPSA) is 78.2 Å². The quantitative estimate of drug-likeness (QED) is 0.831. The van der Waals surface area contributed by atoms with E-state index in [0.717, 1.165) is 19.2 Å². The van der Waals surface area contributed by atoms with Gasteiger partial charge in [-0.2, -0.15) is 0 Å². The molecule has 1 aromatic carbocycles. The van der Waals surface area contributed by atoms with Crippen molar-refractivity contribution in [3.05, 3.63) is 33.9 Å². The van der Waals surface area contributed by atoms with Crippen molar-refractivity contribution in [2.45, 2.75) is 13.8 Å². The number of benzene rings is 1. The molecule has 1 fully saturated rings. The summed E-state index contributed by atoms with van der Waals surface area (Å²) in [4.78, 5) is 28.0. The Morgan fingerprint density at radius 2 is 1.82 bits per heavy atom. The highest BCUT2D eigenvalue weighted by Gasteiger charge is 2.30. The minimum absolute atomic E-state index is 0.00169. The van der Waals surface area contributed by atoms with Crippen molar-refractivity contribution in [1.29, 1.82) is 0 Å². The normalized spacial score (nSPS) is 16.5. The van der Waals surface area contributed by atoms with Crippen LogP contribution in [0.15, 0.2) is 17.1 Å². The van der Waals surface area contributed by atoms with Crippen LogP contribution in [0.1, 0.15) is 24.2 Å². The number of ether oxygens (including phenoxy) is 1. The lowest BCUT2D eigenvalue weighted by molar-refractivity contribution is 0.0694. The first-order chi connectivity index (χ1) is 13.4. The Balaban J connectivity index is 0.00000109. The first kappa shape index (κ1) is 19.9. The van der Waals surface area contributed by atoms with Gasteiger partial charge in [-0.15, -0.1) is 0 Å². The molecule has 2 aliphatic rings. The third kappa shape index (κ3) is 3.15. The number of likely N-dealkylation sites (N-methyl/N-ethyl adjacent to an activating group) is 1. The molecule has 1 aromatic heterocycles. The van der Waals surface area contributed by atoms with E-state index in [0.29, 0.717) is 24.3 Å². The van der Waals surface area contributed by atoms with Crippen LogP contribution in [0.2, 0.25) is 0 Å². The number of rotatable bonds is 2. The van der Waals surface area contributed by atoms with E-state index in [1.54, 1.807) is 16.7 Å². The van der Waals surface area contributed by atoms with Crippen molar-refractivity contribution in [2.75, 3.05) is 56.9 Å². The van der Waals surface area contributed by atoms with E-state index in [4.69, 9.17) is 4.74 Å². The second-order valence-electron chi connectivity index (χ2n) is 6.68. The van der Waals surface area contributed by atoms with Gasteiger partial charge in [0.25, 0.3) is 0 Å². The lowest BCUT2D eigenvalue weighted by Gasteiger charge is -2.37. The maximum Gasteiger partial charge on any atom is 0.341 e. The number of aromatic nitrogens is 1. The lowest BCUT2D eigenvalue weighted by Crippen LogP contribution is -2.46. The predicted octanol–water partition coefficient (Wildman–Crippen LogP) is 1.53. The minimum Gasteiger partial charge on any atom is -0.477 e. The molecule has 0 atom stereocenters. The number of hydrogen-bond acceptors (Lipinski definition) is 6. The van der Waals surface area contributed by atoms with Crippen molar-refractivity contribution in [2.24, 2.45) is 0 Å². The fraction of sp³-hybridized carbons (Fsp3) is 0.474. The third-order valence-corrected chi connectivity index (χ3v) is 4.97. The molecular weight excluding hydrogens is 367 g/mol. The average Bonchev–Trinajstić information content (AvgIpc) is 2.68. The Labute approximate surface area is 162 Å². The largest absolute Gasteiger partial charge is 0.477 e. The maximum atomic E-state index is 15.0. The van der Waals surface area contributed by atoms with Gasteiger partial charge in [0.1, 0.15) is 16.8 Å². The Morgan fingerprint density at radius 1 is 1.18 bits per heavy atom. The highest BCUT2D eigenvalue weighted by molar-refractivity contribution is 5.97. The molecule has 0 spiro atoms. The zero-order valence-corrected chi connectivity index (χ0v) is 16.5. The van der Waals surface area contributed by atoms with E-state index in [1.165, 1.54) is 6.20 Å². The van der Waals surface area contributed by atoms with E-state index in [1.807, 2.05) is 25.8 Å². The molecule has 3 heterocycles. The first-order valence-electron chi connectivity index (χ1n) is 9.31. The fourth-order valence-electron chi connectivity index (χ4n) is 3.50. The van der Waals surface area contributed by atoms with Crippen LogP contribution < -0.4 is 20.1 Å². The van der Waals surface area contributed by atoms with Crippen LogP contribution >= 0.6 is 0 Å². The van der Waals surface area contributed by atoms with Crippen LogP contribution in [0.3, 0.4) is 0 Å². The number of carboxylic acid groups (broad SMARTS) is 1. The predicted molar refractivity (Wildman–Crippen MR) is 106 cm³/mol. The Bertz CT molecular complexity index is 967. The van der Waals surface area contributed by atoms with Gasteiger partial charge < -0.3 is 19.6 Å². The second-order valence-corrected chi connectivity index (χ2v) is 6.68. The van der Waals surface area contributed by atoms with E-state index in [-0.39, 0.29) is 17.9 Å². The molecule has 0 radical (unpaired) electrons. The van der Waals surface area contributed by atoms with Crippen molar-refractivity contribution in [1.82, 2.24) is 9.58 Å². The molecule has 0 saturated carbocycles. The van der Waals surface area contributed by atoms with Gasteiger partial charge in [0.05, 0.1) is 5.39 Å². The van der Waals surface area contributed by atoms with E-state index >= 15 is 0 Å². The molecule has 152 valence electrons. The molecule has 1 N–H and O–H groups in total. The zero-order chi connectivity index (χ0) is 20.6. The number of halogens is 1. The van der Waals surface area contributed by atoms with E-state index in [9.17, 15) is 19.1 Å². The monoisotopic (exact) mass is 392 g/mol. The molecule has 0 amide bonds. The van der Waals surface area contributed by atoms with Gasteiger partial charge in [-0.3, -0.25) is 14.5 Å². The molecule has 1 saturated heterocycles. The minimum atomic E-state index is -1.34. The van der Waals surface area contributed by atoms with Crippen LogP contribution in [0, 0.1) is 5.82 Å². The van der Waals surface area contributed by atoms with Gasteiger partial charge in [0.2, 0.25) is 5.43 Å². The SMILES string of the molecule is CC.CN1CCN(c2c(F)cc3c(=O)c(C(=O)O)cn4c3c2OCN4C)CC1. The van der Waals surface area contributed by atoms with Crippen LogP contribution in [0.5, 0.6) is 5.75 Å². The van der Waals surface area contributed by atoms with Gasteiger partial charge in [-0.05, 0) is 13.1 Å². The fourth-order valence-corrected chi connectivity index (χ4v) is 3.50. The Kier molecular flexibility index (Phi) is 5.46. The standard InChI is InChI=1S/C17H19FN4O4.C2H6/c1-19-3-5-21(6-4-19)14-12(18)7-10-13-16(14)26-9-20(2)22(13)8-11(15(10)23)17(24)25;1-2/h7-8H,3-6,9H2,1-2H3,(H,24,25);1-2H3. The molecule has 0 unspecified atom stereocenters. The van der Waals surface area contributed by atoms with Crippen LogP contribution in [0.25, 0.3) is 10.9 Å². The molecule has 9 heteroatoms. The van der Waals surface area contributed by atoms with E-state index < -0.39 is 22.8 Å². The molecule has 4 rings (SSSR count). The van der Waals surface area contributed by atoms with Gasteiger partial charge in [-0.25, -0.2) is 9.18 Å². The number of anilines is 1. The van der Waals surface area contributed by atoms with Crippen LogP contribution in [-0.2, 0) is 0 Å². The van der Waals surface area contributed by atoms with Gasteiger partial charge in [-0.1, -0.05) is 13.8 Å². The number of carbonyl (C=O) groups is 1. The van der Waals surface area contributed by atoms with Gasteiger partial charge in [0, 0.05) is 39.4 Å². The summed E-state index contributed by atoms with van der Waals surface area (Å²) in [5.41, 5.74) is -0.393. The molecule has 0 bridgehead atoms. The second kappa shape index (κ2) is 7.67. The van der Waals surface area contributed by atoms with Gasteiger partial charge in [0.15, 0.2) is 18.3 Å². The highest BCUT2D eigenvalue weighted by Crippen LogP contribution is 2.40. The molecule has 2 aliphatic heterocycles. The van der Waals surface area contributed by atoms with Gasteiger partial charge >= 0.3 is 5.97 Å². The highest BCUT2D eigenvalue weighted by atomic mass is 19.1. The summed E-state index contributed by atoms with van der Waals surface area (Å²) in [7, 11) is 3.71. The van der Waals surface area contributed by atoms with E-state index in [2.05, 4.69) is 4.90 Å². The average molecular weight is 392 g/mol. The molecule has 28 heavy (non-hydrogen) atoms. The van der Waals surface area contributed by atoms with Crippen molar-refractivity contribution < 1.29 is 19.0 Å². The molecule has 8 nitrogen and oxygen atoms in total. The number of piperazine rings is 1. The molecular formula is C19H25FN4O4. The first-order valence-corrected chi connectivity index (χ1v) is 9.31. The van der Waals surface area contributed by atoms with Crippen molar-refractivity contribution >= 4 is 22.6 Å². The smallest absolute Gasteiger partial charge is 0.341 e. The third-order valence-electron chi connectivity index (χ3n) is 4.97. The summed E-state index contributed by atoms with van der Waals surface area (Å²) in [5, 5.41) is 10.9. The molecule has 0 aliphatic carbocycles. The number of hydrogen-bond donors (Lipinski definition) is 1. The number of aromatic carboxylic acids is 1. The number of carboxylic acids is 1. The Hall–Kier alpha value is -2.81. The summed E-state index contributed by atoms with van der Waals surface area (Å²) in [6.45, 7) is 6.99. The maximum absolute atomic E-state index is 15.0. The summed E-state index contributed by atoms with van der Waals surface area (Å²) >= 11 is 0. The van der Waals surface area contributed by atoms with Crippen LogP contribution in [-0.4, -0.2) is 67.7 Å². The van der Waals surface area contributed by atoms with Crippen molar-refractivity contribution in [3.63, 3.8) is 0 Å². The lowest BCUT2D eigenvalue weighted by atomic mass is 10.1. The summed E-state index contributed by atoms with van der Waals surface area (Å²) in [5.74, 6) is -1.63. The van der Waals surface area contributed by atoms with Crippen LogP contribution in [0.4, 0.5) is 10.1 Å².